The van der Waals surface area contributed by atoms with E-state index < -0.39 is 0 Å². The predicted octanol–water partition coefficient (Wildman–Crippen LogP) is 1.16. The maximum Gasteiger partial charge on any atom is 0.170 e. The van der Waals surface area contributed by atoms with Crippen molar-refractivity contribution in [2.45, 2.75) is 12.8 Å². The van der Waals surface area contributed by atoms with E-state index in [-0.39, 0.29) is 5.84 Å². The Balaban J connectivity index is 1.68. The Hall–Kier alpha value is -1.75. The number of hydrogen-bond donors (Lipinski definition) is 3. The van der Waals surface area contributed by atoms with Crippen molar-refractivity contribution in [1.29, 1.82) is 0 Å². The maximum atomic E-state index is 8.53. The predicted molar refractivity (Wildman–Crippen MR) is 70.0 cm³/mol. The second kappa shape index (κ2) is 6.26. The second-order valence-corrected chi connectivity index (χ2v) is 4.51. The Bertz CT molecular complexity index is 399. The Morgan fingerprint density at radius 3 is 2.72 bits per heavy atom. The Kier molecular flexibility index (Phi) is 4.41. The fraction of sp³-hybridized carbons (Fsp3) is 0.462. The summed E-state index contributed by atoms with van der Waals surface area (Å²) in [6, 6.07) is 7.16. The average molecular weight is 249 g/mol. The highest BCUT2D eigenvalue weighted by atomic mass is 16.5. The van der Waals surface area contributed by atoms with Crippen LogP contribution in [-0.4, -0.2) is 30.7 Å². The minimum atomic E-state index is 0.104. The normalized spacial score (nSPS) is 15.7. The van der Waals surface area contributed by atoms with Crippen molar-refractivity contribution in [3.63, 3.8) is 0 Å². The van der Waals surface area contributed by atoms with Crippen LogP contribution in [0, 0.1) is 5.92 Å². The van der Waals surface area contributed by atoms with Gasteiger partial charge in [-0.25, -0.2) is 0 Å². The molecule has 0 aliphatic heterocycles. The van der Waals surface area contributed by atoms with Gasteiger partial charge in [0.15, 0.2) is 5.84 Å². The summed E-state index contributed by atoms with van der Waals surface area (Å²) >= 11 is 0. The first-order valence-electron chi connectivity index (χ1n) is 6.21. The van der Waals surface area contributed by atoms with Crippen LogP contribution < -0.4 is 15.8 Å². The van der Waals surface area contributed by atoms with Gasteiger partial charge in [0.2, 0.25) is 0 Å². The number of oxime groups is 1. The highest BCUT2D eigenvalue weighted by molar-refractivity contribution is 5.97. The summed E-state index contributed by atoms with van der Waals surface area (Å²) in [5, 5.41) is 14.8. The number of nitrogens with one attached hydrogen (secondary N) is 1. The SMILES string of the molecule is NC(=NO)c1ccc(OCCNCC2CC2)cc1. The molecule has 1 aliphatic rings. The number of ether oxygens (including phenoxy) is 1. The van der Waals surface area contributed by atoms with E-state index in [4.69, 9.17) is 15.7 Å². The van der Waals surface area contributed by atoms with Crippen LogP contribution in [0.15, 0.2) is 29.4 Å². The third-order valence-electron chi connectivity index (χ3n) is 2.94. The maximum absolute atomic E-state index is 8.53. The van der Waals surface area contributed by atoms with E-state index in [2.05, 4.69) is 10.5 Å². The van der Waals surface area contributed by atoms with Gasteiger partial charge in [-0.1, -0.05) is 5.16 Å². The van der Waals surface area contributed by atoms with E-state index in [1.54, 1.807) is 12.1 Å². The summed E-state index contributed by atoms with van der Waals surface area (Å²) in [4.78, 5) is 0. The van der Waals surface area contributed by atoms with Crippen LogP contribution in [0.25, 0.3) is 0 Å². The number of nitrogens with zero attached hydrogens (tertiary/aromatic N) is 1. The number of nitrogens with two attached hydrogens (primary N) is 1. The highest BCUT2D eigenvalue weighted by Crippen LogP contribution is 2.27. The molecule has 0 aromatic heterocycles. The Morgan fingerprint density at radius 1 is 1.39 bits per heavy atom. The Morgan fingerprint density at radius 2 is 2.11 bits per heavy atom. The molecule has 1 aliphatic carbocycles. The van der Waals surface area contributed by atoms with E-state index in [0.29, 0.717) is 12.2 Å². The molecule has 2 rings (SSSR count). The lowest BCUT2D eigenvalue weighted by Crippen LogP contribution is -2.23. The van der Waals surface area contributed by atoms with Crippen LogP contribution in [0.4, 0.5) is 0 Å². The van der Waals surface area contributed by atoms with Crippen LogP contribution >= 0.6 is 0 Å². The molecule has 0 atom stereocenters. The zero-order valence-corrected chi connectivity index (χ0v) is 10.3. The third-order valence-corrected chi connectivity index (χ3v) is 2.94. The van der Waals surface area contributed by atoms with Gasteiger partial charge in [-0.15, -0.1) is 0 Å². The summed E-state index contributed by atoms with van der Waals surface area (Å²) in [6.07, 6.45) is 2.73. The molecule has 98 valence electrons. The standard InChI is InChI=1S/C13H19N3O2/c14-13(16-17)11-3-5-12(6-4-11)18-8-7-15-9-10-1-2-10/h3-6,10,15,17H,1-2,7-9H2,(H2,14,16). The molecule has 0 bridgehead atoms. The summed E-state index contributed by atoms with van der Waals surface area (Å²) in [5.74, 6) is 1.79. The van der Waals surface area contributed by atoms with Crippen LogP contribution in [0.2, 0.25) is 0 Å². The molecule has 5 nitrogen and oxygen atoms in total. The first-order valence-corrected chi connectivity index (χ1v) is 6.21. The largest absolute Gasteiger partial charge is 0.492 e. The van der Waals surface area contributed by atoms with Crippen molar-refractivity contribution in [3.05, 3.63) is 29.8 Å². The minimum absolute atomic E-state index is 0.104. The molecule has 18 heavy (non-hydrogen) atoms. The van der Waals surface area contributed by atoms with Crippen LogP contribution in [0.5, 0.6) is 5.75 Å². The molecule has 0 radical (unpaired) electrons. The number of rotatable bonds is 7. The van der Waals surface area contributed by atoms with E-state index >= 15 is 0 Å². The van der Waals surface area contributed by atoms with Gasteiger partial charge in [-0.3, -0.25) is 0 Å². The number of hydrogen-bond acceptors (Lipinski definition) is 4. The molecule has 0 amide bonds. The van der Waals surface area contributed by atoms with Crippen LogP contribution in [0.3, 0.4) is 0 Å². The fourth-order valence-corrected chi connectivity index (χ4v) is 1.65. The molecule has 1 saturated carbocycles. The molecule has 1 aromatic rings. The quantitative estimate of drug-likeness (QED) is 0.223. The van der Waals surface area contributed by atoms with Crippen molar-refractivity contribution in [3.8, 4) is 5.75 Å². The zero-order valence-electron chi connectivity index (χ0n) is 10.3. The second-order valence-electron chi connectivity index (χ2n) is 4.51. The van der Waals surface area contributed by atoms with Crippen molar-refractivity contribution < 1.29 is 9.94 Å². The lowest BCUT2D eigenvalue weighted by molar-refractivity contribution is 0.313. The molecular weight excluding hydrogens is 230 g/mol. The molecule has 4 N–H and O–H groups in total. The number of benzene rings is 1. The molecule has 0 saturated heterocycles. The van der Waals surface area contributed by atoms with Gasteiger partial charge in [0.25, 0.3) is 0 Å². The lowest BCUT2D eigenvalue weighted by Gasteiger charge is -2.07. The van der Waals surface area contributed by atoms with Gasteiger partial charge in [-0.05, 0) is 49.6 Å². The average Bonchev–Trinajstić information content (AvgIpc) is 3.22. The molecule has 1 fully saturated rings. The molecule has 5 heteroatoms. The fourth-order valence-electron chi connectivity index (χ4n) is 1.65. The summed E-state index contributed by atoms with van der Waals surface area (Å²) in [6.45, 7) is 2.61. The van der Waals surface area contributed by atoms with E-state index in [9.17, 15) is 0 Å². The first-order chi connectivity index (χ1) is 8.79. The van der Waals surface area contributed by atoms with Gasteiger partial charge in [0.05, 0.1) is 0 Å². The van der Waals surface area contributed by atoms with Crippen molar-refractivity contribution >= 4 is 5.84 Å². The van der Waals surface area contributed by atoms with Gasteiger partial charge < -0.3 is 21.0 Å². The molecule has 0 heterocycles. The third kappa shape index (κ3) is 3.92. The van der Waals surface area contributed by atoms with Crippen molar-refractivity contribution in [2.75, 3.05) is 19.7 Å². The van der Waals surface area contributed by atoms with E-state index in [0.717, 1.165) is 24.8 Å². The monoisotopic (exact) mass is 249 g/mol. The van der Waals surface area contributed by atoms with Gasteiger partial charge >= 0.3 is 0 Å². The molecule has 1 aromatic carbocycles. The summed E-state index contributed by atoms with van der Waals surface area (Å²) < 4.78 is 5.57. The lowest BCUT2D eigenvalue weighted by atomic mass is 10.2. The van der Waals surface area contributed by atoms with Gasteiger partial charge in [-0.2, -0.15) is 0 Å². The smallest absolute Gasteiger partial charge is 0.170 e. The van der Waals surface area contributed by atoms with Crippen molar-refractivity contribution in [2.24, 2.45) is 16.8 Å². The molecule has 0 spiro atoms. The topological polar surface area (TPSA) is 79.9 Å². The Labute approximate surface area is 107 Å². The molecule has 0 unspecified atom stereocenters. The highest BCUT2D eigenvalue weighted by Gasteiger charge is 2.19. The van der Waals surface area contributed by atoms with E-state index in [1.807, 2.05) is 12.1 Å². The minimum Gasteiger partial charge on any atom is -0.492 e. The van der Waals surface area contributed by atoms with Gasteiger partial charge in [0, 0.05) is 12.1 Å². The zero-order chi connectivity index (χ0) is 12.8. The molecular formula is C13H19N3O2. The van der Waals surface area contributed by atoms with E-state index in [1.165, 1.54) is 12.8 Å². The van der Waals surface area contributed by atoms with Crippen LogP contribution in [-0.2, 0) is 0 Å². The van der Waals surface area contributed by atoms with Gasteiger partial charge in [0.1, 0.15) is 12.4 Å². The first kappa shape index (κ1) is 12.7. The number of amidine groups is 1. The van der Waals surface area contributed by atoms with Crippen LogP contribution in [0.1, 0.15) is 18.4 Å². The summed E-state index contributed by atoms with van der Waals surface area (Å²) in [5.41, 5.74) is 6.14. The summed E-state index contributed by atoms with van der Waals surface area (Å²) in [7, 11) is 0. The van der Waals surface area contributed by atoms with Crippen molar-refractivity contribution in [1.82, 2.24) is 5.32 Å².